The quantitative estimate of drug-likeness (QED) is 0.0134. The summed E-state index contributed by atoms with van der Waals surface area (Å²) < 4.78 is 55.6. The first-order chi connectivity index (χ1) is 63.6. The molecule has 0 radical (unpaired) electrons. The Morgan fingerprint density at radius 1 is 0.511 bits per heavy atom. The van der Waals surface area contributed by atoms with E-state index in [1.165, 1.54) is 42.7 Å². The van der Waals surface area contributed by atoms with Crippen molar-refractivity contribution in [3.8, 4) is 0 Å². The van der Waals surface area contributed by atoms with Crippen LogP contribution in [0.5, 0.6) is 0 Å². The molecule has 7 aliphatic heterocycles. The summed E-state index contributed by atoms with van der Waals surface area (Å²) in [5.41, 5.74) is 12.6. The van der Waals surface area contributed by atoms with E-state index in [4.69, 9.17) is 101 Å². The fraction of sp³-hybridized carbons (Fsp3) is 0.569. The zero-order chi connectivity index (χ0) is 99.1. The molecule has 31 nitrogen and oxygen atoms in total. The van der Waals surface area contributed by atoms with E-state index < -0.39 is 101 Å². The molecule has 135 heavy (non-hydrogen) atoms. The smallest absolute Gasteiger partial charge is 0.682 e. The number of hydrogen-bond acceptors (Lipinski definition) is 26. The minimum atomic E-state index is -1.45. The van der Waals surface area contributed by atoms with Crippen molar-refractivity contribution in [2.45, 2.75) is 230 Å². The molecular formula is C102H137CoN12O19Si. The van der Waals surface area contributed by atoms with Gasteiger partial charge in [-0.05, 0) is 192 Å². The molecule has 2 amide bonds. The number of ether oxygens (including phenoxy) is 10. The van der Waals surface area contributed by atoms with Gasteiger partial charge in [-0.2, -0.15) is 5.70 Å². The Kier molecular flexibility index (Phi) is 40.3. The summed E-state index contributed by atoms with van der Waals surface area (Å²) in [4.78, 5) is 159. The van der Waals surface area contributed by atoms with E-state index in [9.17, 15) is 38.4 Å². The summed E-state index contributed by atoms with van der Waals surface area (Å²) in [6.07, 6.45) is 7.82. The van der Waals surface area contributed by atoms with E-state index in [1.54, 1.807) is 0 Å². The molecule has 33 heteroatoms. The number of H-pyrrole nitrogens is 2. The number of fused-ring (bicyclic) bond motifs is 14. The Labute approximate surface area is 806 Å². The van der Waals surface area contributed by atoms with Crippen LogP contribution in [0.4, 0.5) is 0 Å². The molecule has 4 N–H and O–H groups in total. The van der Waals surface area contributed by atoms with Gasteiger partial charge in [-0.15, -0.1) is 0 Å². The Balaban J connectivity index is 0.00000490. The SMILES string of the molecule is C=Cc1c(C)c2cc3[nH]c(cc4nc(cc5nc(cc1[nH]2)C(C)=C5CCC(=O)OCC[Si](C)(C)C)C(CCC(=O)NCCCOCCOCCOCCCNC(=O)C[C@]1(C)/C2=C(\C)C5=N[C@@](C)(C6[N-]/C(=C(/C)C7=N/C(=C\C(=N2)[C@H]1CCC(=O)OC)C(C)(C)[C@@H]7CCC(=O)OC)[C@](C)(CCC(=O)OC)[C@H]6CC(=O)OC)[C@@](C)(CC(=O)OC)[C@@H]5CCC(=O)OC)=C4C)c(C)c3C=C.[C-]#N.[C-]#N.[Co+3]. The van der Waals surface area contributed by atoms with Crippen molar-refractivity contribution < 1.29 is 107 Å². The fourth-order valence-corrected chi connectivity index (χ4v) is 20.7. The predicted octanol–water partition coefficient (Wildman–Crippen LogP) is 16.9. The number of hydrogen-bond donors (Lipinski definition) is 4. The number of carbonyl (C=O) groups is 9. The van der Waals surface area contributed by atoms with Gasteiger partial charge in [0.25, 0.3) is 0 Å². The number of aliphatic imine (C=N–C) groups is 3. The number of esters is 7. The van der Waals surface area contributed by atoms with Crippen LogP contribution in [0.1, 0.15) is 223 Å². The number of carbonyl (C=O) groups excluding carboxylic acids is 9. The Morgan fingerprint density at radius 3 is 1.50 bits per heavy atom. The van der Waals surface area contributed by atoms with Crippen LogP contribution in [0.15, 0.2) is 86.7 Å². The summed E-state index contributed by atoms with van der Waals surface area (Å²) in [5, 5.41) is 24.5. The summed E-state index contributed by atoms with van der Waals surface area (Å²) in [7, 11) is 6.45. The third kappa shape index (κ3) is 25.6. The average Bonchev–Trinajstić information content (AvgIpc) is 1.52. The van der Waals surface area contributed by atoms with E-state index >= 15 is 4.79 Å². The number of rotatable bonds is 43. The maximum Gasteiger partial charge on any atom is 3.00 e. The summed E-state index contributed by atoms with van der Waals surface area (Å²) in [6, 6.07) is 8.11. The molecule has 1 fully saturated rings. The fourth-order valence-electron chi connectivity index (χ4n) is 20.0. The molecule has 0 aromatic carbocycles. The molecular weight excluding hydrogens is 1780 g/mol. The Morgan fingerprint density at radius 2 is 0.985 bits per heavy atom. The van der Waals surface area contributed by atoms with Gasteiger partial charge >= 0.3 is 58.6 Å². The number of aromatic amines is 2. The average molecular weight is 1920 g/mol. The maximum atomic E-state index is 15.0. The molecule has 16 bridgehead atoms. The molecule has 0 aliphatic carbocycles. The number of nitrogens with one attached hydrogen (secondary N) is 4. The summed E-state index contributed by atoms with van der Waals surface area (Å²) >= 11 is 0. The van der Waals surface area contributed by atoms with Gasteiger partial charge in [0, 0.05) is 176 Å². The van der Waals surface area contributed by atoms with E-state index in [0.717, 1.165) is 84.0 Å². The molecule has 10 heterocycles. The number of amides is 2. The van der Waals surface area contributed by atoms with E-state index in [2.05, 4.69) is 79.4 Å². The molecule has 0 saturated carbocycles. The first-order valence-corrected chi connectivity index (χ1v) is 49.7. The molecule has 7 aliphatic rings. The van der Waals surface area contributed by atoms with E-state index in [-0.39, 0.29) is 131 Å². The van der Waals surface area contributed by atoms with Gasteiger partial charge in [-0.3, -0.25) is 58.1 Å². The van der Waals surface area contributed by atoms with Gasteiger partial charge in [0.15, 0.2) is 0 Å². The van der Waals surface area contributed by atoms with Crippen molar-refractivity contribution in [2.75, 3.05) is 102 Å². The first-order valence-electron chi connectivity index (χ1n) is 46.0. The second-order valence-electron chi connectivity index (χ2n) is 37.8. The second-order valence-corrected chi connectivity index (χ2v) is 43.4. The number of methoxy groups -OCH3 is 6. The topological polar surface area (TPSA) is 426 Å². The first kappa shape index (κ1) is 111. The second kappa shape index (κ2) is 49.1. The van der Waals surface area contributed by atoms with Gasteiger partial charge in [0.05, 0.1) is 116 Å². The number of aromatic nitrogens is 4. The molecule has 732 valence electrons. The summed E-state index contributed by atoms with van der Waals surface area (Å²) in [6.45, 7) is 51.4. The van der Waals surface area contributed by atoms with Crippen molar-refractivity contribution in [1.29, 1.82) is 10.5 Å². The number of nitrogens with zero attached hydrogens (tertiary/aromatic N) is 8. The molecule has 3 aromatic heterocycles. The third-order valence-electron chi connectivity index (χ3n) is 28.2. The molecule has 3 aromatic rings. The van der Waals surface area contributed by atoms with Gasteiger partial charge < -0.3 is 97.0 Å². The van der Waals surface area contributed by atoms with Crippen LogP contribution in [0, 0.1) is 82.8 Å². The minimum Gasteiger partial charge on any atom is -0.682 e. The molecule has 0 spiro atoms. The minimum absolute atomic E-state index is 0. The largest absolute Gasteiger partial charge is 3.00 e. The Hall–Kier alpha value is -11.1. The maximum absolute atomic E-state index is 15.0. The van der Waals surface area contributed by atoms with Gasteiger partial charge in [0.1, 0.15) is 0 Å². The van der Waals surface area contributed by atoms with Crippen molar-refractivity contribution in [3.63, 3.8) is 0 Å². The Bertz CT molecular complexity index is 5440. The molecule has 1 saturated heterocycles. The van der Waals surface area contributed by atoms with Crippen molar-refractivity contribution >= 4 is 135 Å². The zero-order valence-corrected chi connectivity index (χ0v) is 84.6. The number of allylic oxidation sites excluding steroid dienone is 10. The predicted molar refractivity (Wildman–Crippen MR) is 517 cm³/mol. The molecule has 10 rings (SSSR count). The summed E-state index contributed by atoms with van der Waals surface area (Å²) in [5.74, 6) is -6.35. The van der Waals surface area contributed by atoms with Crippen LogP contribution < -0.4 is 10.6 Å². The van der Waals surface area contributed by atoms with Crippen molar-refractivity contribution in [1.82, 2.24) is 30.6 Å². The molecule has 9 atom stereocenters. The van der Waals surface area contributed by atoms with Crippen LogP contribution >= 0.6 is 0 Å². The van der Waals surface area contributed by atoms with E-state index in [0.29, 0.717) is 129 Å². The normalized spacial score (nSPS) is 23.3. The van der Waals surface area contributed by atoms with Crippen molar-refractivity contribution in [3.05, 3.63) is 135 Å². The standard InChI is InChI=1S/C100H138N10O19Si.2CN.Co/c1-24-64-58(3)72-51-73-60(5)66(78(105-73)54-79-67(29-34-88(117)129-48-49-130(21,22)23)61(6)75(106-79)53-77-65(25-2)59(4)74(104-77)52-76(64)103-72)28-33-82(111)101-40-26-42-126-44-46-128-47-45-127-43-27-41-102-83(112)56-98(12)68(30-35-84(113)120-15)80-55-81-96(9,10)69(31-36-85(114)121-16)91(108-81)62(7)93-97(11,39-38-87(116)123-18)71(50-89(118)124-19)95(109-93)100(14)99(13,57-90(119)125-20)70(32-37-86(115)122-17)92(110-100)63(8)94(98)107-80;2*1-2;/h24-25,51-55,68-71,95H,1-2,26-50,56-57H2,3-23H3,(H5,101,102,103,104,105,106,107,108,109,110,111,112);;;/q;2*-1;+3/p-1/t68-,69-,70-,71+,95?,97-,98+,99+,100+;;;/m1.../s1. The zero-order valence-electron chi connectivity index (χ0n) is 82.6. The van der Waals surface area contributed by atoms with Crippen LogP contribution in [0.25, 0.3) is 61.8 Å². The number of aryl methyl sites for hydroxylation is 2. The van der Waals surface area contributed by atoms with E-state index in [1.807, 2.05) is 99.6 Å². The third-order valence-corrected chi connectivity index (χ3v) is 29.9. The molecule has 1 unspecified atom stereocenters. The van der Waals surface area contributed by atoms with Crippen LogP contribution in [-0.2, 0) is 107 Å². The van der Waals surface area contributed by atoms with Crippen LogP contribution in [0.3, 0.4) is 0 Å². The van der Waals surface area contributed by atoms with Crippen LogP contribution in [-0.4, -0.2) is 212 Å². The monoisotopic (exact) mass is 1920 g/mol. The van der Waals surface area contributed by atoms with Crippen LogP contribution in [0.2, 0.25) is 25.7 Å². The van der Waals surface area contributed by atoms with Crippen molar-refractivity contribution in [2.24, 2.45) is 60.3 Å². The van der Waals surface area contributed by atoms with Gasteiger partial charge in [0.2, 0.25) is 11.8 Å². The van der Waals surface area contributed by atoms with Gasteiger partial charge in [-0.25, -0.2) is 9.97 Å². The van der Waals surface area contributed by atoms with Gasteiger partial charge in [-0.1, -0.05) is 85.6 Å².